The molecule has 0 radical (unpaired) electrons. The summed E-state index contributed by atoms with van der Waals surface area (Å²) in [6.07, 6.45) is 1.79. The predicted octanol–water partition coefficient (Wildman–Crippen LogP) is 1.24. The van der Waals surface area contributed by atoms with Crippen LogP contribution in [0.25, 0.3) is 0 Å². The molecule has 0 spiro atoms. The van der Waals surface area contributed by atoms with E-state index in [2.05, 4.69) is 5.32 Å². The van der Waals surface area contributed by atoms with Crippen molar-refractivity contribution < 1.29 is 13.2 Å². The SMILES string of the molecule is CCC(C)NC(=O)CN(c1cccc(C#N)c1)S(C)(=O)=O. The molecule has 1 unspecified atom stereocenters. The largest absolute Gasteiger partial charge is 0.352 e. The lowest BCUT2D eigenvalue weighted by Crippen LogP contribution is -2.43. The smallest absolute Gasteiger partial charge is 0.240 e. The monoisotopic (exact) mass is 309 g/mol. The van der Waals surface area contributed by atoms with Crippen LogP contribution in [0.2, 0.25) is 0 Å². The molecule has 0 bridgehead atoms. The Kier molecular flexibility index (Phi) is 5.73. The molecule has 7 heteroatoms. The normalized spacial score (nSPS) is 12.3. The minimum atomic E-state index is -3.62. The van der Waals surface area contributed by atoms with Crippen LogP contribution in [0.4, 0.5) is 5.69 Å². The molecule has 0 aliphatic carbocycles. The number of sulfonamides is 1. The third kappa shape index (κ3) is 5.08. The van der Waals surface area contributed by atoms with E-state index in [0.29, 0.717) is 11.3 Å². The van der Waals surface area contributed by atoms with Crippen LogP contribution < -0.4 is 9.62 Å². The molecule has 0 aromatic heterocycles. The Bertz CT molecular complexity index is 650. The first kappa shape index (κ1) is 17.0. The topological polar surface area (TPSA) is 90.3 Å². The quantitative estimate of drug-likeness (QED) is 0.856. The third-order valence-corrected chi connectivity index (χ3v) is 4.11. The number of anilines is 1. The fraction of sp³-hybridized carbons (Fsp3) is 0.429. The van der Waals surface area contributed by atoms with Gasteiger partial charge in [-0.1, -0.05) is 13.0 Å². The second-order valence-corrected chi connectivity index (χ2v) is 6.72. The lowest BCUT2D eigenvalue weighted by molar-refractivity contribution is -0.120. The number of nitrogens with zero attached hydrogens (tertiary/aromatic N) is 2. The highest BCUT2D eigenvalue weighted by molar-refractivity contribution is 7.92. The Morgan fingerprint density at radius 3 is 2.67 bits per heavy atom. The first-order chi connectivity index (χ1) is 9.77. The minimum Gasteiger partial charge on any atom is -0.352 e. The first-order valence-corrected chi connectivity index (χ1v) is 8.40. The molecular formula is C14H19N3O3S. The van der Waals surface area contributed by atoms with Crippen molar-refractivity contribution in [3.8, 4) is 6.07 Å². The third-order valence-electron chi connectivity index (χ3n) is 2.97. The van der Waals surface area contributed by atoms with E-state index in [1.54, 1.807) is 18.2 Å². The van der Waals surface area contributed by atoms with Crippen molar-refractivity contribution in [3.63, 3.8) is 0 Å². The van der Waals surface area contributed by atoms with Gasteiger partial charge in [0.15, 0.2) is 0 Å². The Labute approximate surface area is 125 Å². The Hall–Kier alpha value is -2.07. The van der Waals surface area contributed by atoms with Crippen molar-refractivity contribution in [1.82, 2.24) is 5.32 Å². The molecule has 6 nitrogen and oxygen atoms in total. The fourth-order valence-corrected chi connectivity index (χ4v) is 2.53. The van der Waals surface area contributed by atoms with Gasteiger partial charge in [0.2, 0.25) is 15.9 Å². The maximum Gasteiger partial charge on any atom is 0.240 e. The minimum absolute atomic E-state index is 0.0237. The van der Waals surface area contributed by atoms with Crippen LogP contribution in [0.5, 0.6) is 0 Å². The van der Waals surface area contributed by atoms with Crippen LogP contribution >= 0.6 is 0 Å². The lowest BCUT2D eigenvalue weighted by atomic mass is 10.2. The zero-order valence-corrected chi connectivity index (χ0v) is 13.1. The standard InChI is InChI=1S/C14H19N3O3S/c1-4-11(2)16-14(18)10-17(21(3,19)20)13-7-5-6-12(8-13)9-15/h5-8,11H,4,10H2,1-3H3,(H,16,18). The van der Waals surface area contributed by atoms with Gasteiger partial charge in [0.1, 0.15) is 6.54 Å². The second-order valence-electron chi connectivity index (χ2n) is 4.81. The van der Waals surface area contributed by atoms with Gasteiger partial charge in [0, 0.05) is 6.04 Å². The van der Waals surface area contributed by atoms with Crippen LogP contribution in [0.3, 0.4) is 0 Å². The molecule has 1 aromatic rings. The highest BCUT2D eigenvalue weighted by Gasteiger charge is 2.21. The summed E-state index contributed by atoms with van der Waals surface area (Å²) >= 11 is 0. The zero-order valence-electron chi connectivity index (χ0n) is 12.3. The van der Waals surface area contributed by atoms with E-state index in [0.717, 1.165) is 17.0 Å². The van der Waals surface area contributed by atoms with Gasteiger partial charge in [-0.05, 0) is 31.5 Å². The highest BCUT2D eigenvalue weighted by atomic mass is 32.2. The van der Waals surface area contributed by atoms with Gasteiger partial charge in [-0.2, -0.15) is 5.26 Å². The van der Waals surface area contributed by atoms with Gasteiger partial charge < -0.3 is 5.32 Å². The number of benzene rings is 1. The molecule has 1 rings (SSSR count). The van der Waals surface area contributed by atoms with Crippen molar-refractivity contribution in [2.45, 2.75) is 26.3 Å². The molecule has 1 amide bonds. The van der Waals surface area contributed by atoms with E-state index in [1.807, 2.05) is 19.9 Å². The van der Waals surface area contributed by atoms with Crippen molar-refractivity contribution >= 4 is 21.6 Å². The Balaban J connectivity index is 3.03. The molecule has 21 heavy (non-hydrogen) atoms. The van der Waals surface area contributed by atoms with Crippen molar-refractivity contribution in [2.24, 2.45) is 0 Å². The number of nitrogens with one attached hydrogen (secondary N) is 1. The Morgan fingerprint density at radius 2 is 2.14 bits per heavy atom. The summed E-state index contributed by atoms with van der Waals surface area (Å²) in [5.41, 5.74) is 0.638. The van der Waals surface area contributed by atoms with Crippen LogP contribution in [0.15, 0.2) is 24.3 Å². The van der Waals surface area contributed by atoms with Gasteiger partial charge in [0.25, 0.3) is 0 Å². The maximum atomic E-state index is 11.9. The summed E-state index contributed by atoms with van der Waals surface area (Å²) < 4.78 is 24.8. The van der Waals surface area contributed by atoms with Crippen LogP contribution in [-0.2, 0) is 14.8 Å². The van der Waals surface area contributed by atoms with Gasteiger partial charge in [0.05, 0.1) is 23.6 Å². The molecule has 0 aliphatic heterocycles. The van der Waals surface area contributed by atoms with Gasteiger partial charge in [-0.15, -0.1) is 0 Å². The van der Waals surface area contributed by atoms with Crippen molar-refractivity contribution in [1.29, 1.82) is 5.26 Å². The van der Waals surface area contributed by atoms with E-state index in [1.165, 1.54) is 6.07 Å². The number of rotatable bonds is 6. The van der Waals surface area contributed by atoms with E-state index >= 15 is 0 Å². The summed E-state index contributed by atoms with van der Waals surface area (Å²) in [5, 5.41) is 11.6. The average Bonchev–Trinajstić information content (AvgIpc) is 2.43. The number of carbonyl (C=O) groups is 1. The van der Waals surface area contributed by atoms with Crippen molar-refractivity contribution in [2.75, 3.05) is 17.1 Å². The van der Waals surface area contributed by atoms with Crippen LogP contribution in [0, 0.1) is 11.3 Å². The number of amides is 1. The Morgan fingerprint density at radius 1 is 1.48 bits per heavy atom. The number of hydrogen-bond acceptors (Lipinski definition) is 4. The molecule has 1 aromatic carbocycles. The van der Waals surface area contributed by atoms with Crippen LogP contribution in [-0.4, -0.2) is 33.2 Å². The summed E-state index contributed by atoms with van der Waals surface area (Å²) in [5.74, 6) is -0.378. The zero-order chi connectivity index (χ0) is 16.0. The highest BCUT2D eigenvalue weighted by Crippen LogP contribution is 2.18. The average molecular weight is 309 g/mol. The molecule has 1 atom stereocenters. The van der Waals surface area contributed by atoms with Gasteiger partial charge >= 0.3 is 0 Å². The molecular weight excluding hydrogens is 290 g/mol. The molecule has 114 valence electrons. The van der Waals surface area contributed by atoms with E-state index in [9.17, 15) is 13.2 Å². The van der Waals surface area contributed by atoms with E-state index in [4.69, 9.17) is 5.26 Å². The molecule has 0 fully saturated rings. The summed E-state index contributed by atoms with van der Waals surface area (Å²) in [6.45, 7) is 3.46. The first-order valence-electron chi connectivity index (χ1n) is 6.55. The van der Waals surface area contributed by atoms with E-state index < -0.39 is 10.0 Å². The van der Waals surface area contributed by atoms with E-state index in [-0.39, 0.29) is 18.5 Å². The van der Waals surface area contributed by atoms with Crippen molar-refractivity contribution in [3.05, 3.63) is 29.8 Å². The second kappa shape index (κ2) is 7.09. The summed E-state index contributed by atoms with van der Waals surface area (Å²) in [6, 6.07) is 8.07. The molecule has 0 aliphatic rings. The molecule has 1 N–H and O–H groups in total. The lowest BCUT2D eigenvalue weighted by Gasteiger charge is -2.23. The number of carbonyl (C=O) groups excluding carboxylic acids is 1. The molecule has 0 saturated carbocycles. The van der Waals surface area contributed by atoms with Gasteiger partial charge in [-0.3, -0.25) is 9.10 Å². The fourth-order valence-electron chi connectivity index (χ4n) is 1.68. The summed E-state index contributed by atoms with van der Waals surface area (Å²) in [4.78, 5) is 11.9. The number of nitriles is 1. The number of hydrogen-bond donors (Lipinski definition) is 1. The molecule has 0 heterocycles. The molecule has 0 saturated heterocycles. The van der Waals surface area contributed by atoms with Crippen LogP contribution in [0.1, 0.15) is 25.8 Å². The van der Waals surface area contributed by atoms with Gasteiger partial charge in [-0.25, -0.2) is 8.42 Å². The predicted molar refractivity (Wildman–Crippen MR) is 81.2 cm³/mol. The maximum absolute atomic E-state index is 11.9. The summed E-state index contributed by atoms with van der Waals surface area (Å²) in [7, 11) is -3.62.